The van der Waals surface area contributed by atoms with Crippen LogP contribution in [0.5, 0.6) is 0 Å². The average Bonchev–Trinajstić information content (AvgIpc) is 2.46. The summed E-state index contributed by atoms with van der Waals surface area (Å²) < 4.78 is 0. The van der Waals surface area contributed by atoms with Gasteiger partial charge in [-0.15, -0.1) is 0 Å². The zero-order valence-electron chi connectivity index (χ0n) is 11.0. The molecule has 17 heavy (non-hydrogen) atoms. The minimum Gasteiger partial charge on any atom is -0.0700 e. The van der Waals surface area contributed by atoms with Gasteiger partial charge in [-0.3, -0.25) is 0 Å². The summed E-state index contributed by atoms with van der Waals surface area (Å²) in [5.41, 5.74) is 6.76. The van der Waals surface area contributed by atoms with Crippen molar-refractivity contribution < 1.29 is 0 Å². The first-order valence-electron chi connectivity index (χ1n) is 7.62. The highest BCUT2D eigenvalue weighted by Gasteiger charge is 2.20. The second kappa shape index (κ2) is 5.42. The molecule has 0 saturated carbocycles. The smallest absolute Gasteiger partial charge is 0.0412 e. The predicted octanol–water partition coefficient (Wildman–Crippen LogP) is 5.38. The van der Waals surface area contributed by atoms with Crippen molar-refractivity contribution in [2.24, 2.45) is 0 Å². The van der Waals surface area contributed by atoms with Crippen LogP contribution >= 0.6 is 0 Å². The van der Waals surface area contributed by atoms with Crippen molar-refractivity contribution in [1.29, 1.82) is 0 Å². The standard InChI is InChI=1S/C17H24/c1-2-8-15-10-4-6-12-17(15)13-16-11-5-3-9-14(16)7-1/h1-12H2. The Bertz CT molecular complexity index is 309. The van der Waals surface area contributed by atoms with E-state index < -0.39 is 0 Å². The van der Waals surface area contributed by atoms with Gasteiger partial charge in [0.25, 0.3) is 0 Å². The first kappa shape index (κ1) is 11.6. The van der Waals surface area contributed by atoms with Crippen LogP contribution < -0.4 is 0 Å². The van der Waals surface area contributed by atoms with E-state index in [1.165, 1.54) is 77.0 Å². The first-order chi connectivity index (χ1) is 8.43. The van der Waals surface area contributed by atoms with E-state index >= 15 is 0 Å². The van der Waals surface area contributed by atoms with Crippen LogP contribution in [0.4, 0.5) is 0 Å². The van der Waals surface area contributed by atoms with Gasteiger partial charge < -0.3 is 0 Å². The zero-order chi connectivity index (χ0) is 11.5. The zero-order valence-corrected chi connectivity index (χ0v) is 11.0. The monoisotopic (exact) mass is 228 g/mol. The maximum Gasteiger partial charge on any atom is 0.0412 e. The van der Waals surface area contributed by atoms with Crippen LogP contribution in [0.15, 0.2) is 22.3 Å². The van der Waals surface area contributed by atoms with Crippen LogP contribution in [-0.4, -0.2) is 0 Å². The van der Waals surface area contributed by atoms with Crippen molar-refractivity contribution in [2.45, 2.75) is 77.0 Å². The fraction of sp³-hybridized carbons (Fsp3) is 0.706. The summed E-state index contributed by atoms with van der Waals surface area (Å²) in [5, 5.41) is 0. The Morgan fingerprint density at radius 1 is 0.471 bits per heavy atom. The van der Waals surface area contributed by atoms with Crippen molar-refractivity contribution in [3.8, 4) is 0 Å². The fourth-order valence-electron chi connectivity index (χ4n) is 3.65. The molecule has 0 N–H and O–H groups in total. The van der Waals surface area contributed by atoms with E-state index in [2.05, 4.69) is 6.42 Å². The maximum atomic E-state index is 3.86. The topological polar surface area (TPSA) is 0 Å². The third kappa shape index (κ3) is 2.67. The number of allylic oxidation sites excluding steroid dienone is 4. The highest BCUT2D eigenvalue weighted by atomic mass is 14.2. The van der Waals surface area contributed by atoms with Gasteiger partial charge in [0.2, 0.25) is 0 Å². The Balaban J connectivity index is 1.86. The molecule has 0 aromatic rings. The molecular weight excluding hydrogens is 204 g/mol. The van der Waals surface area contributed by atoms with Crippen molar-refractivity contribution in [1.82, 2.24) is 0 Å². The Kier molecular flexibility index (Phi) is 3.68. The molecule has 0 heterocycles. The summed E-state index contributed by atoms with van der Waals surface area (Å²) >= 11 is 0. The van der Waals surface area contributed by atoms with Crippen LogP contribution in [0.2, 0.25) is 0 Å². The molecule has 0 fully saturated rings. The molecule has 3 aliphatic rings. The summed E-state index contributed by atoms with van der Waals surface area (Å²) in [5.74, 6) is 0. The SMILES string of the molecule is [C]1C2=C(CCCC2)CCCCC2=C1CCCC2. The summed E-state index contributed by atoms with van der Waals surface area (Å²) in [6, 6.07) is 0. The largest absolute Gasteiger partial charge is 0.0700 e. The molecule has 3 rings (SSSR count). The highest BCUT2D eigenvalue weighted by molar-refractivity contribution is 5.38. The molecule has 0 saturated heterocycles. The average molecular weight is 228 g/mol. The van der Waals surface area contributed by atoms with E-state index in [4.69, 9.17) is 0 Å². The molecule has 0 aliphatic heterocycles. The quantitative estimate of drug-likeness (QED) is 0.522. The van der Waals surface area contributed by atoms with Crippen LogP contribution in [0, 0.1) is 6.42 Å². The maximum absolute atomic E-state index is 3.86. The lowest BCUT2D eigenvalue weighted by Crippen LogP contribution is -2.05. The molecule has 2 radical (unpaired) electrons. The molecular formula is C17H24. The molecule has 0 aromatic carbocycles. The highest BCUT2D eigenvalue weighted by Crippen LogP contribution is 2.38. The van der Waals surface area contributed by atoms with Gasteiger partial charge in [0.1, 0.15) is 0 Å². The lowest BCUT2D eigenvalue weighted by Gasteiger charge is -2.23. The van der Waals surface area contributed by atoms with Gasteiger partial charge in [0.15, 0.2) is 0 Å². The van der Waals surface area contributed by atoms with Crippen LogP contribution in [-0.2, 0) is 0 Å². The summed E-state index contributed by atoms with van der Waals surface area (Å²) in [4.78, 5) is 0. The normalized spacial score (nSPS) is 26.8. The van der Waals surface area contributed by atoms with Gasteiger partial charge in [-0.2, -0.15) is 0 Å². The fourth-order valence-corrected chi connectivity index (χ4v) is 3.65. The van der Waals surface area contributed by atoms with Crippen LogP contribution in [0.1, 0.15) is 77.0 Å². The first-order valence-corrected chi connectivity index (χ1v) is 7.62. The van der Waals surface area contributed by atoms with Gasteiger partial charge in [-0.25, -0.2) is 0 Å². The lowest BCUT2D eigenvalue weighted by atomic mass is 9.82. The van der Waals surface area contributed by atoms with Crippen LogP contribution in [0.25, 0.3) is 0 Å². The van der Waals surface area contributed by atoms with Crippen molar-refractivity contribution >= 4 is 0 Å². The molecule has 0 bridgehead atoms. The van der Waals surface area contributed by atoms with E-state index in [1.54, 1.807) is 22.3 Å². The van der Waals surface area contributed by atoms with Gasteiger partial charge in [-0.1, -0.05) is 22.3 Å². The Morgan fingerprint density at radius 2 is 0.824 bits per heavy atom. The summed E-state index contributed by atoms with van der Waals surface area (Å²) in [6.07, 6.45) is 20.4. The second-order valence-corrected chi connectivity index (χ2v) is 5.91. The predicted molar refractivity (Wildman–Crippen MR) is 72.7 cm³/mol. The Labute approximate surface area is 106 Å². The Hall–Kier alpha value is -0.520. The third-order valence-corrected chi connectivity index (χ3v) is 4.67. The summed E-state index contributed by atoms with van der Waals surface area (Å²) in [6.45, 7) is 0. The lowest BCUT2D eigenvalue weighted by molar-refractivity contribution is 0.620. The molecule has 0 unspecified atom stereocenters. The van der Waals surface area contributed by atoms with E-state index in [0.717, 1.165) is 0 Å². The Morgan fingerprint density at radius 3 is 1.24 bits per heavy atom. The summed E-state index contributed by atoms with van der Waals surface area (Å²) in [7, 11) is 0. The molecule has 0 atom stereocenters. The van der Waals surface area contributed by atoms with Gasteiger partial charge in [0.05, 0.1) is 0 Å². The molecule has 0 nitrogen and oxygen atoms in total. The second-order valence-electron chi connectivity index (χ2n) is 5.91. The molecule has 3 aliphatic carbocycles. The van der Waals surface area contributed by atoms with E-state index in [-0.39, 0.29) is 0 Å². The number of rotatable bonds is 0. The van der Waals surface area contributed by atoms with Crippen molar-refractivity contribution in [3.05, 3.63) is 28.7 Å². The molecule has 0 spiro atoms. The number of hydrogen-bond donors (Lipinski definition) is 0. The van der Waals surface area contributed by atoms with Crippen molar-refractivity contribution in [3.63, 3.8) is 0 Å². The van der Waals surface area contributed by atoms with Crippen LogP contribution in [0.3, 0.4) is 0 Å². The minimum atomic E-state index is 1.31. The van der Waals surface area contributed by atoms with Gasteiger partial charge in [0, 0.05) is 6.42 Å². The molecule has 0 amide bonds. The van der Waals surface area contributed by atoms with E-state index in [0.29, 0.717) is 0 Å². The molecule has 92 valence electrons. The molecule has 0 heteroatoms. The van der Waals surface area contributed by atoms with E-state index in [1.807, 2.05) is 0 Å². The van der Waals surface area contributed by atoms with Gasteiger partial charge in [-0.05, 0) is 77.0 Å². The van der Waals surface area contributed by atoms with Crippen molar-refractivity contribution in [2.75, 3.05) is 0 Å². The third-order valence-electron chi connectivity index (χ3n) is 4.67. The minimum absolute atomic E-state index is 1.31. The number of hydrogen-bond acceptors (Lipinski definition) is 0. The molecule has 0 aromatic heterocycles. The van der Waals surface area contributed by atoms with Gasteiger partial charge >= 0.3 is 0 Å². The van der Waals surface area contributed by atoms with E-state index in [9.17, 15) is 0 Å².